The van der Waals surface area contributed by atoms with Gasteiger partial charge in [-0.3, -0.25) is 14.6 Å². The van der Waals surface area contributed by atoms with E-state index >= 15 is 0 Å². The summed E-state index contributed by atoms with van der Waals surface area (Å²) in [5, 5.41) is 11.7. The van der Waals surface area contributed by atoms with Gasteiger partial charge in [0.05, 0.1) is 6.61 Å². The van der Waals surface area contributed by atoms with Crippen molar-refractivity contribution in [2.24, 2.45) is 0 Å². The molecule has 1 aliphatic heterocycles. The molecule has 0 saturated carbocycles. The highest BCUT2D eigenvalue weighted by Crippen LogP contribution is 2.15. The lowest BCUT2D eigenvalue weighted by Crippen LogP contribution is -2.48. The number of ether oxygens (including phenoxy) is 1. The lowest BCUT2D eigenvalue weighted by Gasteiger charge is -2.34. The van der Waals surface area contributed by atoms with Crippen molar-refractivity contribution in [3.8, 4) is 5.75 Å². The zero-order valence-electron chi connectivity index (χ0n) is 13.9. The second-order valence-corrected chi connectivity index (χ2v) is 5.46. The quantitative estimate of drug-likeness (QED) is 0.750. The number of carbonyl (C=O) groups is 1. The third kappa shape index (κ3) is 8.17. The van der Waals surface area contributed by atoms with Gasteiger partial charge in [-0.05, 0) is 24.3 Å². The van der Waals surface area contributed by atoms with Crippen LogP contribution in [0.1, 0.15) is 6.92 Å². The molecule has 0 aromatic heterocycles. The number of hydrogen-bond acceptors (Lipinski definition) is 5. The summed E-state index contributed by atoms with van der Waals surface area (Å²) in [6, 6.07) is 7.41. The molecule has 1 heterocycles. The van der Waals surface area contributed by atoms with Gasteiger partial charge in [-0.2, -0.15) is 0 Å². The van der Waals surface area contributed by atoms with Crippen LogP contribution in [0.25, 0.3) is 0 Å². The van der Waals surface area contributed by atoms with Crippen LogP contribution in [0.4, 0.5) is 5.69 Å². The van der Waals surface area contributed by atoms with Gasteiger partial charge >= 0.3 is 0 Å². The van der Waals surface area contributed by atoms with E-state index in [0.29, 0.717) is 6.61 Å². The van der Waals surface area contributed by atoms with Gasteiger partial charge in [-0.15, -0.1) is 24.8 Å². The minimum Gasteiger partial charge on any atom is -0.492 e. The van der Waals surface area contributed by atoms with Gasteiger partial charge in [0.15, 0.2) is 0 Å². The molecule has 0 atom stereocenters. The fourth-order valence-corrected chi connectivity index (χ4v) is 2.51. The van der Waals surface area contributed by atoms with E-state index in [2.05, 4.69) is 15.1 Å². The maximum Gasteiger partial charge on any atom is 0.221 e. The summed E-state index contributed by atoms with van der Waals surface area (Å²) in [5.41, 5.74) is 0.778. The zero-order valence-corrected chi connectivity index (χ0v) is 15.6. The minimum atomic E-state index is -0.0750. The van der Waals surface area contributed by atoms with Crippen LogP contribution in [0.3, 0.4) is 0 Å². The van der Waals surface area contributed by atoms with Gasteiger partial charge in [0.25, 0.3) is 0 Å². The van der Waals surface area contributed by atoms with Crippen molar-refractivity contribution >= 4 is 36.4 Å². The second-order valence-electron chi connectivity index (χ2n) is 5.46. The minimum absolute atomic E-state index is 0. The molecule has 1 amide bonds. The number of halogens is 2. The molecule has 0 radical (unpaired) electrons. The third-order valence-corrected chi connectivity index (χ3v) is 3.73. The molecule has 1 aromatic carbocycles. The van der Waals surface area contributed by atoms with Gasteiger partial charge in [-0.1, -0.05) is 0 Å². The fraction of sp³-hybridized carbons (Fsp3) is 0.562. The molecular weight excluding hydrogens is 353 g/mol. The van der Waals surface area contributed by atoms with E-state index in [1.165, 1.54) is 6.92 Å². The molecule has 2 N–H and O–H groups in total. The lowest BCUT2D eigenvalue weighted by molar-refractivity contribution is -0.114. The first kappa shape index (κ1) is 22.9. The van der Waals surface area contributed by atoms with Crippen LogP contribution in [0.15, 0.2) is 24.3 Å². The highest BCUT2D eigenvalue weighted by Gasteiger charge is 2.15. The predicted molar refractivity (Wildman–Crippen MR) is 101 cm³/mol. The average molecular weight is 380 g/mol. The standard InChI is InChI=1S/C16H25N3O3.2ClH/c1-14(21)17-15-2-4-16(5-3-15)22-13-11-19-8-6-18(7-9-19)10-12-20;;/h2-5,20H,6-13H2,1H3,(H,17,21);2*1H. The molecule has 6 nitrogen and oxygen atoms in total. The van der Waals surface area contributed by atoms with Crippen LogP contribution in [0.5, 0.6) is 5.75 Å². The molecular formula is C16H27Cl2N3O3. The highest BCUT2D eigenvalue weighted by molar-refractivity contribution is 5.88. The van der Waals surface area contributed by atoms with Crippen molar-refractivity contribution in [2.45, 2.75) is 6.92 Å². The van der Waals surface area contributed by atoms with E-state index in [9.17, 15) is 4.79 Å². The molecule has 8 heteroatoms. The van der Waals surface area contributed by atoms with E-state index in [0.717, 1.165) is 50.7 Å². The average Bonchev–Trinajstić information content (AvgIpc) is 2.50. The number of piperazine rings is 1. The number of amides is 1. The molecule has 0 unspecified atom stereocenters. The van der Waals surface area contributed by atoms with Crippen molar-refractivity contribution in [3.05, 3.63) is 24.3 Å². The smallest absolute Gasteiger partial charge is 0.221 e. The lowest BCUT2D eigenvalue weighted by atomic mass is 10.3. The summed E-state index contributed by atoms with van der Waals surface area (Å²) in [7, 11) is 0. The number of rotatable bonds is 7. The molecule has 2 rings (SSSR count). The molecule has 0 bridgehead atoms. The summed E-state index contributed by atoms with van der Waals surface area (Å²) in [4.78, 5) is 15.6. The first-order valence-electron chi connectivity index (χ1n) is 7.73. The zero-order chi connectivity index (χ0) is 15.8. The van der Waals surface area contributed by atoms with Crippen molar-refractivity contribution < 1.29 is 14.6 Å². The first-order valence-corrected chi connectivity index (χ1v) is 7.73. The van der Waals surface area contributed by atoms with Crippen molar-refractivity contribution in [1.82, 2.24) is 9.80 Å². The molecule has 0 spiro atoms. The maximum atomic E-state index is 10.9. The van der Waals surface area contributed by atoms with Crippen LogP contribution < -0.4 is 10.1 Å². The summed E-state index contributed by atoms with van der Waals surface area (Å²) >= 11 is 0. The Kier molecular flexibility index (Phi) is 11.8. The Morgan fingerprint density at radius 2 is 1.62 bits per heavy atom. The summed E-state index contributed by atoms with van der Waals surface area (Å²) < 4.78 is 5.74. The second kappa shape index (κ2) is 12.3. The van der Waals surface area contributed by atoms with Crippen molar-refractivity contribution in [3.63, 3.8) is 0 Å². The summed E-state index contributed by atoms with van der Waals surface area (Å²) in [6.07, 6.45) is 0. The Morgan fingerprint density at radius 3 is 2.12 bits per heavy atom. The fourth-order valence-electron chi connectivity index (χ4n) is 2.51. The van der Waals surface area contributed by atoms with E-state index in [1.807, 2.05) is 24.3 Å². The third-order valence-electron chi connectivity index (χ3n) is 3.73. The van der Waals surface area contributed by atoms with Gasteiger partial charge in [0.1, 0.15) is 12.4 Å². The summed E-state index contributed by atoms with van der Waals surface area (Å²) in [6.45, 7) is 8.10. The van der Waals surface area contributed by atoms with Gasteiger partial charge in [0, 0.05) is 51.9 Å². The van der Waals surface area contributed by atoms with Crippen molar-refractivity contribution in [2.75, 3.05) is 57.8 Å². The number of benzene rings is 1. The predicted octanol–water partition coefficient (Wildman–Crippen LogP) is 1.48. The van der Waals surface area contributed by atoms with Gasteiger partial charge in [-0.25, -0.2) is 0 Å². The largest absolute Gasteiger partial charge is 0.492 e. The number of nitrogens with one attached hydrogen (secondary N) is 1. The van der Waals surface area contributed by atoms with Crippen LogP contribution in [0.2, 0.25) is 0 Å². The van der Waals surface area contributed by atoms with Crippen LogP contribution in [-0.4, -0.2) is 73.3 Å². The van der Waals surface area contributed by atoms with Crippen LogP contribution >= 0.6 is 24.8 Å². The molecule has 1 saturated heterocycles. The molecule has 24 heavy (non-hydrogen) atoms. The Hall–Kier alpha value is -1.05. The number of aliphatic hydroxyl groups is 1. The topological polar surface area (TPSA) is 65.0 Å². The number of carbonyl (C=O) groups excluding carboxylic acids is 1. The number of hydrogen-bond donors (Lipinski definition) is 2. The van der Waals surface area contributed by atoms with E-state index in [1.54, 1.807) is 0 Å². The van der Waals surface area contributed by atoms with E-state index < -0.39 is 0 Å². The SMILES string of the molecule is CC(=O)Nc1ccc(OCCN2CCN(CCO)CC2)cc1.Cl.Cl. The van der Waals surface area contributed by atoms with E-state index in [4.69, 9.17) is 9.84 Å². The summed E-state index contributed by atoms with van der Waals surface area (Å²) in [5.74, 6) is 0.738. The van der Waals surface area contributed by atoms with Gasteiger partial charge in [0.2, 0.25) is 5.91 Å². The maximum absolute atomic E-state index is 10.9. The Labute approximate surface area is 156 Å². The monoisotopic (exact) mass is 379 g/mol. The van der Waals surface area contributed by atoms with Crippen molar-refractivity contribution in [1.29, 1.82) is 0 Å². The number of nitrogens with zero attached hydrogens (tertiary/aromatic N) is 2. The van der Waals surface area contributed by atoms with E-state index in [-0.39, 0.29) is 37.3 Å². The number of anilines is 1. The Bertz CT molecular complexity index is 466. The molecule has 1 aliphatic rings. The van der Waals surface area contributed by atoms with Crippen LogP contribution in [-0.2, 0) is 4.79 Å². The van der Waals surface area contributed by atoms with Crippen LogP contribution in [0, 0.1) is 0 Å². The van der Waals surface area contributed by atoms with Gasteiger partial charge < -0.3 is 15.2 Å². The molecule has 1 aromatic rings. The molecule has 0 aliphatic carbocycles. The number of aliphatic hydroxyl groups excluding tert-OH is 1. The molecule has 1 fully saturated rings. The highest BCUT2D eigenvalue weighted by atomic mass is 35.5. The Balaban J connectivity index is 0.00000264. The number of β-amino-alcohol motifs (C(OH)–C–C–N with tert-alkyl or cyclic N) is 1. The normalized spacial score (nSPS) is 15.1. The Morgan fingerprint density at radius 1 is 1.08 bits per heavy atom. The first-order chi connectivity index (χ1) is 10.7. The molecule has 138 valence electrons.